The molecule has 1 aliphatic rings. The quantitative estimate of drug-likeness (QED) is 0.460. The number of anilines is 2. The molecule has 1 unspecified atom stereocenters. The summed E-state index contributed by atoms with van der Waals surface area (Å²) in [5, 5.41) is 0.684. The monoisotopic (exact) mass is 463 g/mol. The third kappa shape index (κ3) is 3.56. The van der Waals surface area contributed by atoms with Gasteiger partial charge in [-0.25, -0.2) is 4.79 Å². The van der Waals surface area contributed by atoms with E-state index in [0.29, 0.717) is 41.6 Å². The fourth-order valence-electron chi connectivity index (χ4n) is 4.68. The highest BCUT2D eigenvalue weighted by atomic mass is 35.5. The van der Waals surface area contributed by atoms with E-state index in [1.807, 2.05) is 60.0 Å². The van der Waals surface area contributed by atoms with Crippen molar-refractivity contribution in [1.82, 2.24) is 18.7 Å². The van der Waals surface area contributed by atoms with Crippen LogP contribution in [0.5, 0.6) is 0 Å². The predicted molar refractivity (Wildman–Crippen MR) is 132 cm³/mol. The normalized spacial score (nSPS) is 15.8. The standard InChI is InChI=1S/C25H26ClN5O2/c1-16-14-30(20-11-7-10-19(26)17(20)2)24-27-22-21(31(24)15-16)23(32)29(25(33)28(22)3)13-12-18-8-5-4-6-9-18/h4-11,16H,12-15H2,1-3H3. The first-order valence-corrected chi connectivity index (χ1v) is 11.5. The lowest BCUT2D eigenvalue weighted by Crippen LogP contribution is -2.41. The maximum absolute atomic E-state index is 13.6. The molecule has 2 aromatic heterocycles. The molecule has 3 heterocycles. The fraction of sp³-hybridized carbons (Fsp3) is 0.320. The van der Waals surface area contributed by atoms with Crippen molar-refractivity contribution in [3.8, 4) is 0 Å². The van der Waals surface area contributed by atoms with Crippen molar-refractivity contribution in [3.63, 3.8) is 0 Å². The van der Waals surface area contributed by atoms with Crippen LogP contribution >= 0.6 is 11.6 Å². The average Bonchev–Trinajstić information content (AvgIpc) is 3.19. The second-order valence-corrected chi connectivity index (χ2v) is 9.24. The van der Waals surface area contributed by atoms with Crippen molar-refractivity contribution in [2.75, 3.05) is 11.4 Å². The van der Waals surface area contributed by atoms with Crippen LogP contribution in [0, 0.1) is 12.8 Å². The molecule has 33 heavy (non-hydrogen) atoms. The number of hydrogen-bond acceptors (Lipinski definition) is 4. The van der Waals surface area contributed by atoms with Gasteiger partial charge >= 0.3 is 5.69 Å². The van der Waals surface area contributed by atoms with Crippen LogP contribution in [-0.4, -0.2) is 25.2 Å². The molecule has 0 bridgehead atoms. The SMILES string of the molecule is Cc1c(Cl)cccc1N1CC(C)Cn2c1nc1c2c(=O)n(CCc2ccccc2)c(=O)n1C. The molecule has 0 spiro atoms. The summed E-state index contributed by atoms with van der Waals surface area (Å²) in [6, 6.07) is 15.7. The Morgan fingerprint density at radius 3 is 2.58 bits per heavy atom. The Labute approximate surface area is 196 Å². The van der Waals surface area contributed by atoms with E-state index >= 15 is 0 Å². The number of aryl methyl sites for hydroxylation is 2. The van der Waals surface area contributed by atoms with E-state index in [-0.39, 0.29) is 17.2 Å². The van der Waals surface area contributed by atoms with Crippen LogP contribution in [0.3, 0.4) is 0 Å². The molecule has 0 aliphatic carbocycles. The molecule has 1 atom stereocenters. The topological polar surface area (TPSA) is 65.1 Å². The third-order valence-corrected chi connectivity index (χ3v) is 6.85. The number of imidazole rings is 1. The van der Waals surface area contributed by atoms with E-state index in [9.17, 15) is 9.59 Å². The average molecular weight is 464 g/mol. The molecule has 2 aromatic carbocycles. The molecule has 0 saturated carbocycles. The van der Waals surface area contributed by atoms with E-state index in [2.05, 4.69) is 11.8 Å². The lowest BCUT2D eigenvalue weighted by Gasteiger charge is -2.34. The number of nitrogens with zero attached hydrogens (tertiary/aromatic N) is 5. The minimum absolute atomic E-state index is 0.280. The van der Waals surface area contributed by atoms with Gasteiger partial charge < -0.3 is 9.47 Å². The van der Waals surface area contributed by atoms with E-state index in [4.69, 9.17) is 16.6 Å². The van der Waals surface area contributed by atoms with Crippen molar-refractivity contribution in [3.05, 3.63) is 85.5 Å². The van der Waals surface area contributed by atoms with Gasteiger partial charge in [0.1, 0.15) is 0 Å². The van der Waals surface area contributed by atoms with Crippen LogP contribution in [0.25, 0.3) is 11.2 Å². The van der Waals surface area contributed by atoms with Crippen molar-refractivity contribution >= 4 is 34.4 Å². The van der Waals surface area contributed by atoms with Gasteiger partial charge in [0.05, 0.1) is 0 Å². The predicted octanol–water partition coefficient (Wildman–Crippen LogP) is 3.89. The Morgan fingerprint density at radius 2 is 1.82 bits per heavy atom. The van der Waals surface area contributed by atoms with E-state index < -0.39 is 0 Å². The Morgan fingerprint density at radius 1 is 1.06 bits per heavy atom. The van der Waals surface area contributed by atoms with Crippen molar-refractivity contribution < 1.29 is 0 Å². The summed E-state index contributed by atoms with van der Waals surface area (Å²) < 4.78 is 4.78. The highest BCUT2D eigenvalue weighted by Gasteiger charge is 2.30. The summed E-state index contributed by atoms with van der Waals surface area (Å²) in [4.78, 5) is 33.6. The Kier molecular flexibility index (Phi) is 5.37. The minimum atomic E-state index is -0.350. The number of rotatable bonds is 4. The number of hydrogen-bond donors (Lipinski definition) is 0. The minimum Gasteiger partial charge on any atom is -0.311 e. The van der Waals surface area contributed by atoms with Gasteiger partial charge in [-0.1, -0.05) is 54.9 Å². The molecule has 170 valence electrons. The maximum Gasteiger partial charge on any atom is 0.332 e. The number of fused-ring (bicyclic) bond motifs is 3. The van der Waals surface area contributed by atoms with E-state index in [1.54, 1.807) is 7.05 Å². The molecule has 0 fully saturated rings. The van der Waals surface area contributed by atoms with E-state index in [1.165, 1.54) is 9.13 Å². The molecule has 7 nitrogen and oxygen atoms in total. The smallest absolute Gasteiger partial charge is 0.311 e. The molecule has 0 saturated heterocycles. The largest absolute Gasteiger partial charge is 0.332 e. The molecule has 0 radical (unpaired) electrons. The van der Waals surface area contributed by atoms with Crippen molar-refractivity contribution in [2.24, 2.45) is 13.0 Å². The Hall–Kier alpha value is -3.32. The summed E-state index contributed by atoms with van der Waals surface area (Å²) >= 11 is 6.40. The molecule has 8 heteroatoms. The van der Waals surface area contributed by atoms with Crippen LogP contribution in [0.4, 0.5) is 11.6 Å². The molecule has 0 N–H and O–H groups in total. The van der Waals surface area contributed by atoms with Crippen LogP contribution in [0.1, 0.15) is 18.1 Å². The molecule has 4 aromatic rings. The van der Waals surface area contributed by atoms with Crippen molar-refractivity contribution in [2.45, 2.75) is 33.4 Å². The van der Waals surface area contributed by atoms with Gasteiger partial charge in [-0.3, -0.25) is 13.9 Å². The summed E-state index contributed by atoms with van der Waals surface area (Å²) in [6.45, 7) is 5.86. The van der Waals surface area contributed by atoms with Gasteiger partial charge in [0.15, 0.2) is 11.2 Å². The lowest BCUT2D eigenvalue weighted by atomic mass is 10.1. The van der Waals surface area contributed by atoms with Gasteiger partial charge in [-0.05, 0) is 42.5 Å². The number of benzene rings is 2. The zero-order valence-electron chi connectivity index (χ0n) is 19.0. The lowest BCUT2D eigenvalue weighted by molar-refractivity contribution is 0.457. The van der Waals surface area contributed by atoms with E-state index in [0.717, 1.165) is 23.4 Å². The van der Waals surface area contributed by atoms with Gasteiger partial charge in [-0.15, -0.1) is 0 Å². The zero-order chi connectivity index (χ0) is 23.3. The van der Waals surface area contributed by atoms with Gasteiger partial charge in [0, 0.05) is 37.4 Å². The van der Waals surface area contributed by atoms with Crippen LogP contribution in [0.2, 0.25) is 5.02 Å². The third-order valence-electron chi connectivity index (χ3n) is 6.44. The molecular formula is C25H26ClN5O2. The Bertz CT molecular complexity index is 1470. The second kappa shape index (κ2) is 8.23. The van der Waals surface area contributed by atoms with Crippen LogP contribution in [0.15, 0.2) is 58.1 Å². The van der Waals surface area contributed by atoms with Gasteiger partial charge in [-0.2, -0.15) is 4.98 Å². The van der Waals surface area contributed by atoms with Gasteiger partial charge in [0.25, 0.3) is 5.56 Å². The summed E-state index contributed by atoms with van der Waals surface area (Å²) in [7, 11) is 1.68. The number of halogens is 1. The number of aromatic nitrogens is 4. The zero-order valence-corrected chi connectivity index (χ0v) is 19.7. The molecule has 5 rings (SSSR count). The Balaban J connectivity index is 1.67. The summed E-state index contributed by atoms with van der Waals surface area (Å²) in [5.41, 5.74) is 3.24. The summed E-state index contributed by atoms with van der Waals surface area (Å²) in [5.74, 6) is 0.948. The second-order valence-electron chi connectivity index (χ2n) is 8.83. The first-order chi connectivity index (χ1) is 15.9. The summed E-state index contributed by atoms with van der Waals surface area (Å²) in [6.07, 6.45) is 0.604. The highest BCUT2D eigenvalue weighted by Crippen LogP contribution is 2.36. The first-order valence-electron chi connectivity index (χ1n) is 11.1. The molecular weight excluding hydrogens is 438 g/mol. The van der Waals surface area contributed by atoms with Crippen LogP contribution < -0.4 is 16.1 Å². The maximum atomic E-state index is 13.6. The van der Waals surface area contributed by atoms with Crippen molar-refractivity contribution in [1.29, 1.82) is 0 Å². The van der Waals surface area contributed by atoms with Gasteiger partial charge in [0.2, 0.25) is 5.95 Å². The molecule has 1 aliphatic heterocycles. The highest BCUT2D eigenvalue weighted by molar-refractivity contribution is 6.31. The first kappa shape index (κ1) is 21.5. The molecule has 0 amide bonds. The van der Waals surface area contributed by atoms with Crippen LogP contribution in [-0.2, 0) is 26.6 Å². The fourth-order valence-corrected chi connectivity index (χ4v) is 4.85.